The van der Waals surface area contributed by atoms with Crippen molar-refractivity contribution in [1.29, 1.82) is 0 Å². The second-order valence-electron chi connectivity index (χ2n) is 3.73. The van der Waals surface area contributed by atoms with Gasteiger partial charge >= 0.3 is 6.03 Å². The van der Waals surface area contributed by atoms with E-state index in [1.807, 2.05) is 0 Å². The number of benzene rings is 2. The van der Waals surface area contributed by atoms with Crippen LogP contribution >= 0.6 is 11.6 Å². The van der Waals surface area contributed by atoms with Crippen molar-refractivity contribution in [3.05, 3.63) is 53.3 Å². The van der Waals surface area contributed by atoms with E-state index in [-0.39, 0.29) is 5.69 Å². The van der Waals surface area contributed by atoms with Gasteiger partial charge in [0.05, 0.1) is 10.7 Å². The number of para-hydroxylation sites is 1. The maximum atomic E-state index is 13.1. The third-order valence-electron chi connectivity index (χ3n) is 2.33. The minimum absolute atomic E-state index is 0.222. The number of carbonyl (C=O) groups is 1. The Hall–Kier alpha value is -2.27. The first-order valence-corrected chi connectivity index (χ1v) is 5.75. The predicted octanol–water partition coefficient (Wildman–Crippen LogP) is 3.83. The molecule has 0 unspecified atom stereocenters. The molecule has 0 aliphatic rings. The number of carbonyl (C=O) groups excluding carboxylic acids is 1. The van der Waals surface area contributed by atoms with Crippen molar-refractivity contribution in [3.8, 4) is 5.75 Å². The molecular weight excluding hydrogens is 271 g/mol. The van der Waals surface area contributed by atoms with Crippen LogP contribution in [0.2, 0.25) is 5.02 Å². The number of hydrogen-bond acceptors (Lipinski definition) is 2. The lowest BCUT2D eigenvalue weighted by atomic mass is 10.3. The number of nitrogens with one attached hydrogen (secondary N) is 2. The molecule has 2 aromatic carbocycles. The summed E-state index contributed by atoms with van der Waals surface area (Å²) in [5.41, 5.74) is 0.667. The molecule has 19 heavy (non-hydrogen) atoms. The van der Waals surface area contributed by atoms with Gasteiger partial charge in [0.25, 0.3) is 0 Å². The molecule has 0 bridgehead atoms. The van der Waals surface area contributed by atoms with E-state index < -0.39 is 17.6 Å². The molecule has 0 aliphatic heterocycles. The van der Waals surface area contributed by atoms with Gasteiger partial charge < -0.3 is 15.7 Å². The molecule has 0 fully saturated rings. The fourth-order valence-corrected chi connectivity index (χ4v) is 1.61. The highest BCUT2D eigenvalue weighted by Gasteiger charge is 2.07. The van der Waals surface area contributed by atoms with Crippen LogP contribution in [0.5, 0.6) is 5.75 Å². The summed E-state index contributed by atoms with van der Waals surface area (Å²) in [4.78, 5) is 11.7. The van der Waals surface area contributed by atoms with E-state index >= 15 is 0 Å². The number of hydrogen-bond donors (Lipinski definition) is 3. The standard InChI is InChI=1S/C13H10ClFN2O2/c14-9-3-1-2-4-11(9)17-13(19)16-8-5-6-12(18)10(15)7-8/h1-7,18H,(H2,16,17,19). The second kappa shape index (κ2) is 5.58. The quantitative estimate of drug-likeness (QED) is 0.732. The van der Waals surface area contributed by atoms with Crippen molar-refractivity contribution in [1.82, 2.24) is 0 Å². The normalized spacial score (nSPS) is 10.0. The molecule has 0 saturated carbocycles. The summed E-state index contributed by atoms with van der Waals surface area (Å²) in [7, 11) is 0. The van der Waals surface area contributed by atoms with Crippen molar-refractivity contribution in [2.75, 3.05) is 10.6 Å². The Morgan fingerprint density at radius 3 is 2.58 bits per heavy atom. The zero-order chi connectivity index (χ0) is 13.8. The minimum atomic E-state index is -0.810. The van der Waals surface area contributed by atoms with Gasteiger partial charge in [-0.2, -0.15) is 0 Å². The zero-order valence-corrected chi connectivity index (χ0v) is 10.4. The van der Waals surface area contributed by atoms with Gasteiger partial charge in [-0.25, -0.2) is 9.18 Å². The maximum absolute atomic E-state index is 13.1. The van der Waals surface area contributed by atoms with Crippen molar-refractivity contribution in [2.45, 2.75) is 0 Å². The molecule has 2 rings (SSSR count). The van der Waals surface area contributed by atoms with Crippen LogP contribution < -0.4 is 10.6 Å². The Morgan fingerprint density at radius 1 is 1.16 bits per heavy atom. The smallest absolute Gasteiger partial charge is 0.323 e. The summed E-state index contributed by atoms with van der Waals surface area (Å²) in [5, 5.41) is 14.4. The Balaban J connectivity index is 2.05. The highest BCUT2D eigenvalue weighted by molar-refractivity contribution is 6.33. The number of aromatic hydroxyl groups is 1. The molecule has 0 heterocycles. The third kappa shape index (κ3) is 3.35. The van der Waals surface area contributed by atoms with Gasteiger partial charge in [-0.3, -0.25) is 0 Å². The first-order chi connectivity index (χ1) is 9.06. The lowest BCUT2D eigenvalue weighted by molar-refractivity contribution is 0.262. The molecule has 6 heteroatoms. The van der Waals surface area contributed by atoms with Gasteiger partial charge in [0, 0.05) is 11.8 Å². The van der Waals surface area contributed by atoms with Crippen LogP contribution in [0.25, 0.3) is 0 Å². The van der Waals surface area contributed by atoms with Crippen LogP contribution in [0.15, 0.2) is 42.5 Å². The summed E-state index contributed by atoms with van der Waals surface area (Å²) < 4.78 is 13.1. The van der Waals surface area contributed by atoms with Crippen molar-refractivity contribution < 1.29 is 14.3 Å². The number of halogens is 2. The molecule has 0 aromatic heterocycles. The average molecular weight is 281 g/mol. The van der Waals surface area contributed by atoms with E-state index in [0.717, 1.165) is 12.1 Å². The van der Waals surface area contributed by atoms with Crippen molar-refractivity contribution >= 4 is 29.0 Å². The Bertz CT molecular complexity index is 619. The van der Waals surface area contributed by atoms with Crippen molar-refractivity contribution in [2.24, 2.45) is 0 Å². The fraction of sp³-hybridized carbons (Fsp3) is 0. The van der Waals surface area contributed by atoms with Gasteiger partial charge in [0.15, 0.2) is 11.6 Å². The Labute approximate surface area is 113 Å². The molecule has 0 spiro atoms. The predicted molar refractivity (Wildman–Crippen MR) is 72.2 cm³/mol. The Kier molecular flexibility index (Phi) is 3.87. The van der Waals surface area contributed by atoms with Gasteiger partial charge in [0.1, 0.15) is 0 Å². The molecule has 0 atom stereocenters. The number of rotatable bonds is 2. The largest absolute Gasteiger partial charge is 0.505 e. The van der Waals surface area contributed by atoms with E-state index in [9.17, 15) is 9.18 Å². The summed E-state index contributed by atoms with van der Waals surface area (Å²) in [6.45, 7) is 0. The summed E-state index contributed by atoms with van der Waals surface area (Å²) >= 11 is 5.88. The molecule has 0 saturated heterocycles. The number of phenolic OH excluding ortho intramolecular Hbond substituents is 1. The molecule has 2 aromatic rings. The lowest BCUT2D eigenvalue weighted by Crippen LogP contribution is -2.19. The highest BCUT2D eigenvalue weighted by atomic mass is 35.5. The second-order valence-corrected chi connectivity index (χ2v) is 4.13. The van der Waals surface area contributed by atoms with Crippen molar-refractivity contribution in [3.63, 3.8) is 0 Å². The van der Waals surface area contributed by atoms with E-state index in [1.54, 1.807) is 24.3 Å². The summed E-state index contributed by atoms with van der Waals surface area (Å²) in [5.74, 6) is -1.28. The molecule has 3 N–H and O–H groups in total. The van der Waals surface area contributed by atoms with Crippen LogP contribution in [0.4, 0.5) is 20.6 Å². The lowest BCUT2D eigenvalue weighted by Gasteiger charge is -2.09. The third-order valence-corrected chi connectivity index (χ3v) is 2.66. The average Bonchev–Trinajstić information content (AvgIpc) is 2.37. The van der Waals surface area contributed by atoms with E-state index in [4.69, 9.17) is 16.7 Å². The molecule has 4 nitrogen and oxygen atoms in total. The number of anilines is 2. The van der Waals surface area contributed by atoms with Crippen LogP contribution in [0, 0.1) is 5.82 Å². The molecule has 2 amide bonds. The Morgan fingerprint density at radius 2 is 1.89 bits per heavy atom. The van der Waals surface area contributed by atoms with Gasteiger partial charge in [-0.15, -0.1) is 0 Å². The number of amides is 2. The fourth-order valence-electron chi connectivity index (χ4n) is 1.43. The van der Waals surface area contributed by atoms with Gasteiger partial charge in [-0.1, -0.05) is 23.7 Å². The molecule has 98 valence electrons. The topological polar surface area (TPSA) is 61.4 Å². The molecule has 0 aliphatic carbocycles. The van der Waals surface area contributed by atoms with Gasteiger partial charge in [-0.05, 0) is 24.3 Å². The summed E-state index contributed by atoms with van der Waals surface area (Å²) in [6, 6.07) is 9.73. The first kappa shape index (κ1) is 13.2. The SMILES string of the molecule is O=C(Nc1ccc(O)c(F)c1)Nc1ccccc1Cl. The monoisotopic (exact) mass is 280 g/mol. The van der Waals surface area contributed by atoms with Crippen LogP contribution in [-0.4, -0.2) is 11.1 Å². The van der Waals surface area contributed by atoms with Gasteiger partial charge in [0.2, 0.25) is 0 Å². The molecular formula is C13H10ClFN2O2. The van der Waals surface area contributed by atoms with Crippen LogP contribution in [0.3, 0.4) is 0 Å². The van der Waals surface area contributed by atoms with Crippen LogP contribution in [0.1, 0.15) is 0 Å². The number of phenols is 1. The number of urea groups is 1. The minimum Gasteiger partial charge on any atom is -0.505 e. The van der Waals surface area contributed by atoms with E-state index in [2.05, 4.69) is 10.6 Å². The summed E-state index contributed by atoms with van der Waals surface area (Å²) in [6.07, 6.45) is 0. The van der Waals surface area contributed by atoms with E-state index in [0.29, 0.717) is 10.7 Å². The van der Waals surface area contributed by atoms with Crippen LogP contribution in [-0.2, 0) is 0 Å². The first-order valence-electron chi connectivity index (χ1n) is 5.37. The zero-order valence-electron chi connectivity index (χ0n) is 9.65. The molecule has 0 radical (unpaired) electrons. The highest BCUT2D eigenvalue weighted by Crippen LogP contribution is 2.22. The van der Waals surface area contributed by atoms with E-state index in [1.165, 1.54) is 6.07 Å². The maximum Gasteiger partial charge on any atom is 0.323 e.